The summed E-state index contributed by atoms with van der Waals surface area (Å²) >= 11 is 3.47. The fourth-order valence-corrected chi connectivity index (χ4v) is 3.58. The molecular formula is C19H21BrN4O2. The normalized spacial score (nSPS) is 16.7. The Morgan fingerprint density at radius 1 is 1.31 bits per heavy atom. The van der Waals surface area contributed by atoms with Crippen LogP contribution in [0.4, 0.5) is 11.5 Å². The molecule has 2 aromatic rings. The summed E-state index contributed by atoms with van der Waals surface area (Å²) < 4.78 is 0.848. The Morgan fingerprint density at radius 2 is 2.08 bits per heavy atom. The van der Waals surface area contributed by atoms with Gasteiger partial charge in [-0.25, -0.2) is 4.98 Å². The van der Waals surface area contributed by atoms with Gasteiger partial charge in [0.25, 0.3) is 0 Å². The highest BCUT2D eigenvalue weighted by molar-refractivity contribution is 9.10. The van der Waals surface area contributed by atoms with Crippen LogP contribution in [0.25, 0.3) is 0 Å². The number of rotatable bonds is 5. The van der Waals surface area contributed by atoms with Gasteiger partial charge in [0.2, 0.25) is 11.8 Å². The van der Waals surface area contributed by atoms with Crippen molar-refractivity contribution < 1.29 is 9.59 Å². The number of para-hydroxylation sites is 1. The fourth-order valence-electron chi connectivity index (χ4n) is 3.08. The Balaban J connectivity index is 1.65. The number of aromatic nitrogens is 1. The van der Waals surface area contributed by atoms with Crippen molar-refractivity contribution in [3.8, 4) is 0 Å². The van der Waals surface area contributed by atoms with Crippen molar-refractivity contribution in [3.63, 3.8) is 0 Å². The number of hydrogen-bond donors (Lipinski definition) is 1. The molecule has 26 heavy (non-hydrogen) atoms. The second-order valence-corrected chi connectivity index (χ2v) is 7.31. The SMILES string of the molecule is CN(C)c1ncccc1CNC(=O)C1CC(=O)N(c2ccccc2Br)C1. The third kappa shape index (κ3) is 3.88. The van der Waals surface area contributed by atoms with E-state index in [4.69, 9.17) is 0 Å². The van der Waals surface area contributed by atoms with Gasteiger partial charge in [-0.2, -0.15) is 0 Å². The Labute approximate surface area is 161 Å². The van der Waals surface area contributed by atoms with Crippen molar-refractivity contribution >= 4 is 39.2 Å². The van der Waals surface area contributed by atoms with Crippen molar-refractivity contribution in [2.75, 3.05) is 30.4 Å². The summed E-state index contributed by atoms with van der Waals surface area (Å²) in [5, 5.41) is 2.95. The third-order valence-corrected chi connectivity index (χ3v) is 5.05. The summed E-state index contributed by atoms with van der Waals surface area (Å²) in [7, 11) is 3.83. The van der Waals surface area contributed by atoms with Gasteiger partial charge in [-0.3, -0.25) is 9.59 Å². The summed E-state index contributed by atoms with van der Waals surface area (Å²) in [4.78, 5) is 32.9. The van der Waals surface area contributed by atoms with Gasteiger partial charge >= 0.3 is 0 Å². The minimum Gasteiger partial charge on any atom is -0.362 e. The second-order valence-electron chi connectivity index (χ2n) is 6.46. The molecule has 2 heterocycles. The lowest BCUT2D eigenvalue weighted by atomic mass is 10.1. The van der Waals surface area contributed by atoms with Crippen molar-refractivity contribution in [2.45, 2.75) is 13.0 Å². The zero-order chi connectivity index (χ0) is 18.7. The zero-order valence-electron chi connectivity index (χ0n) is 14.8. The Bertz CT molecular complexity index is 825. The molecule has 0 radical (unpaired) electrons. The maximum absolute atomic E-state index is 12.6. The number of nitrogens with one attached hydrogen (secondary N) is 1. The van der Waals surface area contributed by atoms with Crippen molar-refractivity contribution in [1.82, 2.24) is 10.3 Å². The first-order valence-electron chi connectivity index (χ1n) is 8.41. The van der Waals surface area contributed by atoms with Crippen LogP contribution in [0, 0.1) is 5.92 Å². The third-order valence-electron chi connectivity index (χ3n) is 4.38. The van der Waals surface area contributed by atoms with Gasteiger partial charge in [-0.1, -0.05) is 18.2 Å². The molecule has 1 aliphatic rings. The largest absolute Gasteiger partial charge is 0.362 e. The zero-order valence-corrected chi connectivity index (χ0v) is 16.4. The standard InChI is InChI=1S/C19H21BrN4O2/c1-23(2)18-13(6-5-9-21-18)11-22-19(26)14-10-17(25)24(12-14)16-8-4-3-7-15(16)20/h3-9,14H,10-12H2,1-2H3,(H,22,26). The van der Waals surface area contributed by atoms with Crippen LogP contribution in [-0.2, 0) is 16.1 Å². The summed E-state index contributed by atoms with van der Waals surface area (Å²) in [6.45, 7) is 0.779. The molecule has 6 nitrogen and oxygen atoms in total. The van der Waals surface area contributed by atoms with E-state index in [2.05, 4.69) is 26.2 Å². The van der Waals surface area contributed by atoms with E-state index in [0.29, 0.717) is 13.1 Å². The Hall–Kier alpha value is -2.41. The van der Waals surface area contributed by atoms with E-state index in [9.17, 15) is 9.59 Å². The topological polar surface area (TPSA) is 65.5 Å². The second kappa shape index (κ2) is 7.86. The van der Waals surface area contributed by atoms with Crippen molar-refractivity contribution in [2.24, 2.45) is 5.92 Å². The summed E-state index contributed by atoms with van der Waals surface area (Å²) in [5.41, 5.74) is 1.74. The van der Waals surface area contributed by atoms with Gasteiger partial charge in [-0.05, 0) is 34.1 Å². The molecule has 1 atom stereocenters. The van der Waals surface area contributed by atoms with E-state index in [1.165, 1.54) is 0 Å². The van der Waals surface area contributed by atoms with E-state index in [0.717, 1.165) is 21.5 Å². The molecule has 0 bridgehead atoms. The summed E-state index contributed by atoms with van der Waals surface area (Å²) in [5.74, 6) is 0.327. The van der Waals surface area contributed by atoms with E-state index in [1.54, 1.807) is 11.1 Å². The number of carbonyl (C=O) groups is 2. The lowest BCUT2D eigenvalue weighted by molar-refractivity contribution is -0.126. The molecule has 1 aromatic carbocycles. The molecule has 1 saturated heterocycles. The number of anilines is 2. The number of nitrogens with zero attached hydrogens (tertiary/aromatic N) is 3. The lowest BCUT2D eigenvalue weighted by Gasteiger charge is -2.19. The molecule has 1 unspecified atom stereocenters. The van der Waals surface area contributed by atoms with Gasteiger partial charge in [0.1, 0.15) is 5.82 Å². The van der Waals surface area contributed by atoms with Crippen LogP contribution >= 0.6 is 15.9 Å². The minimum atomic E-state index is -0.353. The predicted octanol–water partition coefficient (Wildman–Crippen LogP) is 2.58. The van der Waals surface area contributed by atoms with Crippen LogP contribution in [0.2, 0.25) is 0 Å². The summed E-state index contributed by atoms with van der Waals surface area (Å²) in [6, 6.07) is 11.3. The van der Waals surface area contributed by atoms with E-state index in [-0.39, 0.29) is 24.2 Å². The van der Waals surface area contributed by atoms with Crippen LogP contribution < -0.4 is 15.1 Å². The Kier molecular flexibility index (Phi) is 5.56. The molecule has 0 aliphatic carbocycles. The average Bonchev–Trinajstić information content (AvgIpc) is 3.02. The Morgan fingerprint density at radius 3 is 2.81 bits per heavy atom. The molecule has 3 rings (SSSR count). The highest BCUT2D eigenvalue weighted by atomic mass is 79.9. The summed E-state index contributed by atoms with van der Waals surface area (Å²) in [6.07, 6.45) is 1.95. The van der Waals surface area contributed by atoms with Crippen LogP contribution in [-0.4, -0.2) is 37.4 Å². The molecule has 7 heteroatoms. The molecule has 2 amide bonds. The number of amides is 2. The number of pyridine rings is 1. The molecule has 1 aromatic heterocycles. The monoisotopic (exact) mass is 416 g/mol. The van der Waals surface area contributed by atoms with Crippen molar-refractivity contribution in [1.29, 1.82) is 0 Å². The predicted molar refractivity (Wildman–Crippen MR) is 105 cm³/mol. The van der Waals surface area contributed by atoms with Crippen molar-refractivity contribution in [3.05, 3.63) is 52.6 Å². The number of halogens is 1. The lowest BCUT2D eigenvalue weighted by Crippen LogP contribution is -2.33. The van der Waals surface area contributed by atoms with Gasteiger partial charge in [0.15, 0.2) is 0 Å². The van der Waals surface area contributed by atoms with Crippen LogP contribution in [0.5, 0.6) is 0 Å². The van der Waals surface area contributed by atoms with Crippen LogP contribution in [0.3, 0.4) is 0 Å². The maximum atomic E-state index is 12.6. The first-order chi connectivity index (χ1) is 12.5. The molecule has 0 saturated carbocycles. The van der Waals surface area contributed by atoms with Gasteiger partial charge < -0.3 is 15.1 Å². The van der Waals surface area contributed by atoms with Crippen LogP contribution in [0.1, 0.15) is 12.0 Å². The molecule has 1 fully saturated rings. The number of carbonyl (C=O) groups excluding carboxylic acids is 2. The van der Waals surface area contributed by atoms with E-state index >= 15 is 0 Å². The fraction of sp³-hybridized carbons (Fsp3) is 0.316. The molecule has 0 spiro atoms. The number of hydrogen-bond acceptors (Lipinski definition) is 4. The van der Waals surface area contributed by atoms with Crippen LogP contribution in [0.15, 0.2) is 47.1 Å². The highest BCUT2D eigenvalue weighted by Gasteiger charge is 2.35. The average molecular weight is 417 g/mol. The molecular weight excluding hydrogens is 396 g/mol. The first-order valence-corrected chi connectivity index (χ1v) is 9.20. The van der Waals surface area contributed by atoms with E-state index in [1.807, 2.05) is 55.4 Å². The van der Waals surface area contributed by atoms with Gasteiger partial charge in [-0.15, -0.1) is 0 Å². The highest BCUT2D eigenvalue weighted by Crippen LogP contribution is 2.31. The molecule has 136 valence electrons. The molecule has 1 aliphatic heterocycles. The smallest absolute Gasteiger partial charge is 0.227 e. The van der Waals surface area contributed by atoms with E-state index < -0.39 is 0 Å². The maximum Gasteiger partial charge on any atom is 0.227 e. The van der Waals surface area contributed by atoms with Gasteiger partial charge in [0.05, 0.1) is 11.6 Å². The minimum absolute atomic E-state index is 0.0348. The first kappa shape index (κ1) is 18.4. The quantitative estimate of drug-likeness (QED) is 0.813. The number of benzene rings is 1. The molecule has 1 N–H and O–H groups in total. The van der Waals surface area contributed by atoms with Gasteiger partial charge in [0, 0.05) is 49.8 Å².